The summed E-state index contributed by atoms with van der Waals surface area (Å²) in [5.41, 5.74) is 3.96. The van der Waals surface area contributed by atoms with Crippen molar-refractivity contribution in [3.63, 3.8) is 0 Å². The highest BCUT2D eigenvalue weighted by Gasteiger charge is 2.23. The Balaban J connectivity index is 1.49. The summed E-state index contributed by atoms with van der Waals surface area (Å²) >= 11 is 1.38. The van der Waals surface area contributed by atoms with Crippen LogP contribution in [0.15, 0.2) is 40.1 Å². The first kappa shape index (κ1) is 20.7. The quantitative estimate of drug-likeness (QED) is 0.565. The van der Waals surface area contributed by atoms with Crippen molar-refractivity contribution < 1.29 is 13.9 Å². The third-order valence-electron chi connectivity index (χ3n) is 5.22. The van der Waals surface area contributed by atoms with Crippen molar-refractivity contribution in [2.45, 2.75) is 51.4 Å². The van der Waals surface area contributed by atoms with Gasteiger partial charge in [0.25, 0.3) is 0 Å². The number of carbonyl (C=O) groups is 1. The van der Waals surface area contributed by atoms with E-state index in [4.69, 9.17) is 9.15 Å². The summed E-state index contributed by atoms with van der Waals surface area (Å²) in [5, 5.41) is 12.4. The molecule has 7 nitrogen and oxygen atoms in total. The lowest BCUT2D eigenvalue weighted by atomic mass is 10.1. The molecule has 1 aromatic carbocycles. The first-order chi connectivity index (χ1) is 14.5. The monoisotopic (exact) mass is 426 g/mol. The molecule has 158 valence electrons. The third-order valence-corrected chi connectivity index (χ3v) is 6.18. The first-order valence-electron chi connectivity index (χ1n) is 10.1. The molecule has 1 amide bonds. The summed E-state index contributed by atoms with van der Waals surface area (Å²) in [4.78, 5) is 12.5. The van der Waals surface area contributed by atoms with E-state index >= 15 is 0 Å². The Bertz CT molecular complexity index is 1040. The summed E-state index contributed by atoms with van der Waals surface area (Å²) in [6.07, 6.45) is 3.86. The van der Waals surface area contributed by atoms with Crippen LogP contribution in [0.3, 0.4) is 0 Å². The van der Waals surface area contributed by atoms with Crippen molar-refractivity contribution >= 4 is 23.4 Å². The highest BCUT2D eigenvalue weighted by Crippen LogP contribution is 2.29. The number of aromatic nitrogens is 3. The molecule has 8 heteroatoms. The SMILES string of the molecule is Cc1ccc(NC(=O)CSc2nnc(-c3ccoc3C)n2C[C@@H]2CCCO2)c(C)c1. The average molecular weight is 427 g/mol. The molecule has 3 aromatic rings. The van der Waals surface area contributed by atoms with Gasteiger partial charge in [-0.15, -0.1) is 10.2 Å². The highest BCUT2D eigenvalue weighted by molar-refractivity contribution is 7.99. The first-order valence-corrected chi connectivity index (χ1v) is 11.1. The molecule has 0 spiro atoms. The third kappa shape index (κ3) is 4.60. The van der Waals surface area contributed by atoms with E-state index in [9.17, 15) is 4.79 Å². The molecule has 4 rings (SSSR count). The van der Waals surface area contributed by atoms with E-state index in [1.54, 1.807) is 6.26 Å². The molecule has 3 heterocycles. The predicted octanol–water partition coefficient (Wildman–Crippen LogP) is 4.37. The van der Waals surface area contributed by atoms with Gasteiger partial charge in [-0.25, -0.2) is 0 Å². The Hall–Kier alpha value is -2.58. The Morgan fingerprint density at radius 1 is 1.27 bits per heavy atom. The fourth-order valence-corrected chi connectivity index (χ4v) is 4.39. The number of thioether (sulfide) groups is 1. The van der Waals surface area contributed by atoms with Crippen LogP contribution < -0.4 is 5.32 Å². The van der Waals surface area contributed by atoms with Crippen LogP contribution in [0.4, 0.5) is 5.69 Å². The van der Waals surface area contributed by atoms with E-state index in [-0.39, 0.29) is 17.8 Å². The van der Waals surface area contributed by atoms with Crippen molar-refractivity contribution in [3.05, 3.63) is 47.4 Å². The minimum atomic E-state index is -0.0698. The maximum Gasteiger partial charge on any atom is 0.234 e. The molecule has 0 saturated carbocycles. The normalized spacial score (nSPS) is 16.2. The number of rotatable bonds is 7. The van der Waals surface area contributed by atoms with Gasteiger partial charge in [-0.05, 0) is 51.3 Å². The van der Waals surface area contributed by atoms with Crippen molar-refractivity contribution in [3.8, 4) is 11.4 Å². The second kappa shape index (κ2) is 9.06. The number of amides is 1. The van der Waals surface area contributed by atoms with Gasteiger partial charge in [0.05, 0.1) is 30.2 Å². The number of hydrogen-bond donors (Lipinski definition) is 1. The van der Waals surface area contributed by atoms with E-state index in [2.05, 4.69) is 21.6 Å². The zero-order valence-corrected chi connectivity index (χ0v) is 18.3. The number of nitrogens with one attached hydrogen (secondary N) is 1. The fourth-order valence-electron chi connectivity index (χ4n) is 3.64. The minimum absolute atomic E-state index is 0.0698. The summed E-state index contributed by atoms with van der Waals surface area (Å²) in [6.45, 7) is 7.38. The van der Waals surface area contributed by atoms with E-state index < -0.39 is 0 Å². The van der Waals surface area contributed by atoms with E-state index in [1.165, 1.54) is 17.3 Å². The Labute approximate surface area is 180 Å². The van der Waals surface area contributed by atoms with Crippen molar-refractivity contribution in [2.75, 3.05) is 17.7 Å². The number of benzene rings is 1. The summed E-state index contributed by atoms with van der Waals surface area (Å²) in [5.74, 6) is 1.72. The van der Waals surface area contributed by atoms with Crippen LogP contribution in [0.5, 0.6) is 0 Å². The molecular weight excluding hydrogens is 400 g/mol. The van der Waals surface area contributed by atoms with Gasteiger partial charge in [0, 0.05) is 12.3 Å². The van der Waals surface area contributed by atoms with Crippen molar-refractivity contribution in [1.82, 2.24) is 14.8 Å². The number of carbonyl (C=O) groups excluding carboxylic acids is 1. The fraction of sp³-hybridized carbons (Fsp3) is 0.409. The lowest BCUT2D eigenvalue weighted by Crippen LogP contribution is -2.18. The molecule has 1 atom stereocenters. The minimum Gasteiger partial charge on any atom is -0.469 e. The molecule has 1 aliphatic heterocycles. The molecule has 0 bridgehead atoms. The highest BCUT2D eigenvalue weighted by atomic mass is 32.2. The average Bonchev–Trinajstić information content (AvgIpc) is 3.45. The molecule has 1 aliphatic rings. The zero-order valence-electron chi connectivity index (χ0n) is 17.5. The lowest BCUT2D eigenvalue weighted by molar-refractivity contribution is -0.113. The van der Waals surface area contributed by atoms with Gasteiger partial charge in [0.1, 0.15) is 5.76 Å². The van der Waals surface area contributed by atoms with Gasteiger partial charge < -0.3 is 14.5 Å². The second-order valence-corrected chi connectivity index (χ2v) is 8.54. The van der Waals surface area contributed by atoms with Gasteiger partial charge in [-0.2, -0.15) is 0 Å². The number of ether oxygens (including phenoxy) is 1. The Kier molecular flexibility index (Phi) is 6.24. The lowest BCUT2D eigenvalue weighted by Gasteiger charge is -2.14. The van der Waals surface area contributed by atoms with Gasteiger partial charge in [0.2, 0.25) is 5.91 Å². The Morgan fingerprint density at radius 3 is 2.83 bits per heavy atom. The van der Waals surface area contributed by atoms with Crippen LogP contribution in [0.1, 0.15) is 29.7 Å². The van der Waals surface area contributed by atoms with Crippen LogP contribution in [-0.4, -0.2) is 39.1 Å². The topological polar surface area (TPSA) is 82.2 Å². The zero-order chi connectivity index (χ0) is 21.1. The molecule has 0 aliphatic carbocycles. The smallest absolute Gasteiger partial charge is 0.234 e. The number of nitrogens with zero attached hydrogens (tertiary/aromatic N) is 3. The summed E-state index contributed by atoms with van der Waals surface area (Å²) < 4.78 is 13.3. The maximum atomic E-state index is 12.5. The molecule has 30 heavy (non-hydrogen) atoms. The molecule has 0 radical (unpaired) electrons. The number of aryl methyl sites for hydroxylation is 3. The van der Waals surface area contributed by atoms with Crippen LogP contribution in [0.25, 0.3) is 11.4 Å². The predicted molar refractivity (Wildman–Crippen MR) is 117 cm³/mol. The van der Waals surface area contributed by atoms with Crippen LogP contribution in [0, 0.1) is 20.8 Å². The van der Waals surface area contributed by atoms with Crippen molar-refractivity contribution in [2.24, 2.45) is 0 Å². The molecular formula is C22H26N4O3S. The summed E-state index contributed by atoms with van der Waals surface area (Å²) in [6, 6.07) is 7.88. The molecule has 1 fully saturated rings. The van der Waals surface area contributed by atoms with Gasteiger partial charge >= 0.3 is 0 Å². The standard InChI is InChI=1S/C22H26N4O3S/c1-14-6-7-19(15(2)11-14)23-20(27)13-30-22-25-24-21(18-8-10-28-16(18)3)26(22)12-17-5-4-9-29-17/h6-8,10-11,17H,4-5,9,12-13H2,1-3H3,(H,23,27)/t17-/m0/s1. The Morgan fingerprint density at radius 2 is 2.13 bits per heavy atom. The van der Waals surface area contributed by atoms with E-state index in [0.717, 1.165) is 47.8 Å². The van der Waals surface area contributed by atoms with E-state index in [1.807, 2.05) is 43.5 Å². The van der Waals surface area contributed by atoms with Crippen molar-refractivity contribution in [1.29, 1.82) is 0 Å². The molecule has 0 unspecified atom stereocenters. The maximum absolute atomic E-state index is 12.5. The van der Waals surface area contributed by atoms with Crippen LogP contribution >= 0.6 is 11.8 Å². The molecule has 2 aromatic heterocycles. The van der Waals surface area contributed by atoms with Gasteiger partial charge in [-0.3, -0.25) is 9.36 Å². The largest absolute Gasteiger partial charge is 0.469 e. The number of hydrogen-bond acceptors (Lipinski definition) is 6. The molecule has 1 N–H and O–H groups in total. The number of anilines is 1. The molecule has 1 saturated heterocycles. The van der Waals surface area contributed by atoms with E-state index in [0.29, 0.717) is 11.7 Å². The number of furan rings is 1. The van der Waals surface area contributed by atoms with Gasteiger partial charge in [-0.1, -0.05) is 29.5 Å². The second-order valence-electron chi connectivity index (χ2n) is 7.60. The van der Waals surface area contributed by atoms with Gasteiger partial charge in [0.15, 0.2) is 11.0 Å². The van der Waals surface area contributed by atoms with Crippen LogP contribution in [0.2, 0.25) is 0 Å². The summed E-state index contributed by atoms with van der Waals surface area (Å²) in [7, 11) is 0. The van der Waals surface area contributed by atoms with Crippen LogP contribution in [-0.2, 0) is 16.1 Å².